The standard InChI is InChI=1S/C13H13FN2O/c1-9(11-6-4-3-5-7-11)16-8-15-13(14)12(16)10(2)17/h3-9H,1-2H3/t9-/m1/s1. The van der Waals surface area contributed by atoms with Crippen LogP contribution in [0.1, 0.15) is 35.9 Å². The average molecular weight is 232 g/mol. The molecule has 0 saturated heterocycles. The van der Waals surface area contributed by atoms with Crippen LogP contribution < -0.4 is 0 Å². The highest BCUT2D eigenvalue weighted by Crippen LogP contribution is 2.20. The molecule has 1 heterocycles. The molecule has 3 nitrogen and oxygen atoms in total. The Kier molecular flexibility index (Phi) is 3.04. The van der Waals surface area contributed by atoms with Gasteiger partial charge in [0.05, 0.1) is 12.4 Å². The second-order valence-electron chi connectivity index (χ2n) is 3.93. The number of carbonyl (C=O) groups is 1. The number of nitrogens with zero attached hydrogens (tertiary/aromatic N) is 2. The normalized spacial score (nSPS) is 12.4. The first-order valence-electron chi connectivity index (χ1n) is 5.39. The lowest BCUT2D eigenvalue weighted by Gasteiger charge is -2.15. The van der Waals surface area contributed by atoms with E-state index < -0.39 is 5.95 Å². The molecule has 1 atom stereocenters. The Morgan fingerprint density at radius 2 is 2.00 bits per heavy atom. The Bertz CT molecular complexity index is 534. The molecule has 0 bridgehead atoms. The van der Waals surface area contributed by atoms with E-state index in [9.17, 15) is 9.18 Å². The van der Waals surface area contributed by atoms with Crippen molar-refractivity contribution in [1.29, 1.82) is 0 Å². The van der Waals surface area contributed by atoms with Gasteiger partial charge in [0.1, 0.15) is 5.69 Å². The van der Waals surface area contributed by atoms with Gasteiger partial charge >= 0.3 is 0 Å². The van der Waals surface area contributed by atoms with Crippen LogP contribution in [0.25, 0.3) is 0 Å². The van der Waals surface area contributed by atoms with Crippen molar-refractivity contribution in [3.8, 4) is 0 Å². The largest absolute Gasteiger partial charge is 0.318 e. The van der Waals surface area contributed by atoms with E-state index in [1.807, 2.05) is 37.3 Å². The maximum absolute atomic E-state index is 13.4. The van der Waals surface area contributed by atoms with Gasteiger partial charge in [-0.1, -0.05) is 30.3 Å². The number of hydrogen-bond acceptors (Lipinski definition) is 2. The fraction of sp³-hybridized carbons (Fsp3) is 0.231. The van der Waals surface area contributed by atoms with Crippen molar-refractivity contribution in [1.82, 2.24) is 9.55 Å². The minimum Gasteiger partial charge on any atom is -0.318 e. The zero-order chi connectivity index (χ0) is 12.4. The van der Waals surface area contributed by atoms with Crippen LogP contribution in [0, 0.1) is 5.95 Å². The quantitative estimate of drug-likeness (QED) is 0.763. The highest BCUT2D eigenvalue weighted by atomic mass is 19.1. The van der Waals surface area contributed by atoms with Crippen LogP contribution in [0.2, 0.25) is 0 Å². The molecule has 0 radical (unpaired) electrons. The van der Waals surface area contributed by atoms with Crippen molar-refractivity contribution in [3.63, 3.8) is 0 Å². The molecule has 1 aromatic heterocycles. The van der Waals surface area contributed by atoms with E-state index in [2.05, 4.69) is 4.98 Å². The van der Waals surface area contributed by atoms with Gasteiger partial charge in [-0.2, -0.15) is 4.39 Å². The van der Waals surface area contributed by atoms with Gasteiger partial charge in [0.2, 0.25) is 5.95 Å². The zero-order valence-corrected chi connectivity index (χ0v) is 9.72. The molecule has 0 aliphatic carbocycles. The number of hydrogen-bond donors (Lipinski definition) is 0. The zero-order valence-electron chi connectivity index (χ0n) is 9.72. The molecule has 17 heavy (non-hydrogen) atoms. The molecule has 0 amide bonds. The van der Waals surface area contributed by atoms with Crippen molar-refractivity contribution in [2.75, 3.05) is 0 Å². The molecule has 0 aliphatic rings. The molecule has 0 unspecified atom stereocenters. The summed E-state index contributed by atoms with van der Waals surface area (Å²) in [4.78, 5) is 14.9. The number of carbonyl (C=O) groups excluding carboxylic acids is 1. The Morgan fingerprint density at radius 1 is 1.35 bits per heavy atom. The Morgan fingerprint density at radius 3 is 2.59 bits per heavy atom. The summed E-state index contributed by atoms with van der Waals surface area (Å²) in [6, 6.07) is 9.49. The monoisotopic (exact) mass is 232 g/mol. The maximum Gasteiger partial charge on any atom is 0.241 e. The van der Waals surface area contributed by atoms with Gasteiger partial charge in [-0.05, 0) is 12.5 Å². The second-order valence-corrected chi connectivity index (χ2v) is 3.93. The van der Waals surface area contributed by atoms with E-state index >= 15 is 0 Å². The predicted octanol–water partition coefficient (Wildman–Crippen LogP) is 2.83. The van der Waals surface area contributed by atoms with Crippen LogP contribution >= 0.6 is 0 Å². The van der Waals surface area contributed by atoms with Gasteiger partial charge in [0.25, 0.3) is 0 Å². The lowest BCUT2D eigenvalue weighted by molar-refractivity contribution is 0.0999. The number of benzene rings is 1. The number of imidazole rings is 1. The summed E-state index contributed by atoms with van der Waals surface area (Å²) in [5.41, 5.74) is 1.04. The first-order chi connectivity index (χ1) is 8.11. The number of aromatic nitrogens is 2. The lowest BCUT2D eigenvalue weighted by Crippen LogP contribution is -2.12. The topological polar surface area (TPSA) is 34.9 Å². The van der Waals surface area contributed by atoms with Crippen molar-refractivity contribution >= 4 is 5.78 Å². The summed E-state index contributed by atoms with van der Waals surface area (Å²) >= 11 is 0. The molecule has 0 N–H and O–H groups in total. The smallest absolute Gasteiger partial charge is 0.241 e. The maximum atomic E-state index is 13.4. The van der Waals surface area contributed by atoms with E-state index in [1.165, 1.54) is 13.3 Å². The first-order valence-corrected chi connectivity index (χ1v) is 5.39. The summed E-state index contributed by atoms with van der Waals surface area (Å²) < 4.78 is 14.9. The van der Waals surface area contributed by atoms with Crippen LogP contribution in [0.5, 0.6) is 0 Å². The minimum absolute atomic E-state index is 0.0290. The molecule has 0 saturated carbocycles. The molecule has 0 spiro atoms. The van der Waals surface area contributed by atoms with E-state index in [0.717, 1.165) is 5.56 Å². The number of rotatable bonds is 3. The predicted molar refractivity (Wildman–Crippen MR) is 62.4 cm³/mol. The van der Waals surface area contributed by atoms with Crippen LogP contribution in [-0.2, 0) is 0 Å². The lowest BCUT2D eigenvalue weighted by atomic mass is 10.1. The highest BCUT2D eigenvalue weighted by Gasteiger charge is 2.19. The molecule has 1 aromatic carbocycles. The van der Waals surface area contributed by atoms with Gasteiger partial charge in [-0.15, -0.1) is 0 Å². The van der Waals surface area contributed by atoms with Crippen molar-refractivity contribution in [3.05, 3.63) is 53.9 Å². The van der Waals surface area contributed by atoms with E-state index in [1.54, 1.807) is 4.57 Å². The van der Waals surface area contributed by atoms with Crippen LogP contribution in [0.3, 0.4) is 0 Å². The van der Waals surface area contributed by atoms with Crippen molar-refractivity contribution < 1.29 is 9.18 Å². The van der Waals surface area contributed by atoms with Gasteiger partial charge in [0.15, 0.2) is 5.78 Å². The summed E-state index contributed by atoms with van der Waals surface area (Å²) in [6.07, 6.45) is 1.36. The number of halogens is 1. The molecule has 4 heteroatoms. The number of ketones is 1. The second kappa shape index (κ2) is 4.49. The fourth-order valence-electron chi connectivity index (χ4n) is 1.85. The number of Topliss-reactive ketones (excluding diaryl/α,β-unsaturated/α-hetero) is 1. The summed E-state index contributed by atoms with van der Waals surface area (Å²) in [5, 5.41) is 0. The third kappa shape index (κ3) is 2.11. The van der Waals surface area contributed by atoms with Crippen molar-refractivity contribution in [2.24, 2.45) is 0 Å². The highest BCUT2D eigenvalue weighted by molar-refractivity contribution is 5.92. The molecule has 88 valence electrons. The first kappa shape index (κ1) is 11.5. The SMILES string of the molecule is CC(=O)c1c(F)ncn1[C@H](C)c1ccccc1. The average Bonchev–Trinajstić information content (AvgIpc) is 2.71. The molecule has 2 rings (SSSR count). The van der Waals surface area contributed by atoms with Crippen LogP contribution in [0.4, 0.5) is 4.39 Å². The Labute approximate surface area is 98.9 Å². The molecule has 0 fully saturated rings. The van der Waals surface area contributed by atoms with Gasteiger partial charge in [-0.25, -0.2) is 4.98 Å². The van der Waals surface area contributed by atoms with E-state index in [4.69, 9.17) is 0 Å². The Balaban J connectivity index is 2.45. The van der Waals surface area contributed by atoms with Crippen molar-refractivity contribution in [2.45, 2.75) is 19.9 Å². The summed E-state index contributed by atoms with van der Waals surface area (Å²) in [5.74, 6) is -1.02. The third-order valence-corrected chi connectivity index (χ3v) is 2.78. The van der Waals surface area contributed by atoms with E-state index in [0.29, 0.717) is 0 Å². The van der Waals surface area contributed by atoms with E-state index in [-0.39, 0.29) is 17.5 Å². The molecular formula is C13H13FN2O. The summed E-state index contributed by atoms with van der Waals surface area (Å²) in [6.45, 7) is 3.25. The fourth-order valence-corrected chi connectivity index (χ4v) is 1.85. The minimum atomic E-state index is -0.708. The third-order valence-electron chi connectivity index (χ3n) is 2.78. The molecule has 2 aromatic rings. The van der Waals surface area contributed by atoms with Crippen LogP contribution in [0.15, 0.2) is 36.7 Å². The van der Waals surface area contributed by atoms with Gasteiger partial charge in [-0.3, -0.25) is 4.79 Å². The van der Waals surface area contributed by atoms with Gasteiger partial charge < -0.3 is 4.57 Å². The molecular weight excluding hydrogens is 219 g/mol. The summed E-state index contributed by atoms with van der Waals surface area (Å²) in [7, 11) is 0. The van der Waals surface area contributed by atoms with Crippen LogP contribution in [-0.4, -0.2) is 15.3 Å². The Hall–Kier alpha value is -1.97. The molecule has 0 aliphatic heterocycles. The van der Waals surface area contributed by atoms with Gasteiger partial charge in [0, 0.05) is 6.92 Å².